The molecule has 1 aromatic carbocycles. The number of rotatable bonds is 4. The lowest BCUT2D eigenvalue weighted by Crippen LogP contribution is -2.02. The van der Waals surface area contributed by atoms with Crippen LogP contribution in [-0.4, -0.2) is 34.2 Å². The Morgan fingerprint density at radius 2 is 2.00 bits per heavy atom. The van der Waals surface area contributed by atoms with Gasteiger partial charge in [-0.25, -0.2) is 9.47 Å². The highest BCUT2D eigenvalue weighted by molar-refractivity contribution is 5.96. The molecule has 7 heteroatoms. The van der Waals surface area contributed by atoms with Gasteiger partial charge >= 0.3 is 5.97 Å². The largest absolute Gasteiger partial charge is 0.465 e. The van der Waals surface area contributed by atoms with Crippen LogP contribution in [-0.2, 0) is 4.74 Å². The number of furan rings is 1. The zero-order valence-corrected chi connectivity index (χ0v) is 11.7. The van der Waals surface area contributed by atoms with Crippen molar-refractivity contribution in [2.45, 2.75) is 0 Å². The first-order chi connectivity index (χ1) is 10.8. The summed E-state index contributed by atoms with van der Waals surface area (Å²) < 4.78 is 11.9. The number of carbonyl (C=O) groups is 1. The zero-order valence-electron chi connectivity index (χ0n) is 11.7. The van der Waals surface area contributed by atoms with Crippen LogP contribution < -0.4 is 0 Å². The maximum Gasteiger partial charge on any atom is 0.338 e. The summed E-state index contributed by atoms with van der Waals surface area (Å²) >= 11 is 0. The number of nitrogens with zero attached hydrogens (tertiary/aromatic N) is 4. The van der Waals surface area contributed by atoms with Crippen molar-refractivity contribution >= 4 is 12.2 Å². The summed E-state index contributed by atoms with van der Waals surface area (Å²) in [6.45, 7) is 0. The van der Waals surface area contributed by atoms with Gasteiger partial charge in [0.05, 0.1) is 18.9 Å². The van der Waals surface area contributed by atoms with Gasteiger partial charge in [0, 0.05) is 5.56 Å². The standard InChI is InChI=1S/C15H12N4O3/c1-21-15(20)13-5-3-2-4-12(13)14-7-6-11(22-14)8-18-19-9-16-17-10-19/h2-10H,1H3. The molecule has 7 nitrogen and oxygen atoms in total. The van der Waals surface area contributed by atoms with Gasteiger partial charge < -0.3 is 9.15 Å². The molecule has 110 valence electrons. The first-order valence-electron chi connectivity index (χ1n) is 6.44. The van der Waals surface area contributed by atoms with Crippen LogP contribution >= 0.6 is 0 Å². The maximum absolute atomic E-state index is 11.8. The van der Waals surface area contributed by atoms with E-state index in [1.807, 2.05) is 6.07 Å². The lowest BCUT2D eigenvalue weighted by atomic mass is 10.1. The Kier molecular flexibility index (Phi) is 3.78. The maximum atomic E-state index is 11.8. The van der Waals surface area contributed by atoms with E-state index in [1.165, 1.54) is 30.7 Å². The molecular weight excluding hydrogens is 284 g/mol. The van der Waals surface area contributed by atoms with Crippen molar-refractivity contribution in [1.82, 2.24) is 14.9 Å². The zero-order chi connectivity index (χ0) is 15.4. The predicted octanol–water partition coefficient (Wildman–Crippen LogP) is 2.21. The summed E-state index contributed by atoms with van der Waals surface area (Å²) in [6, 6.07) is 10.6. The van der Waals surface area contributed by atoms with E-state index in [0.29, 0.717) is 22.6 Å². The third kappa shape index (κ3) is 2.78. The van der Waals surface area contributed by atoms with Crippen molar-refractivity contribution < 1.29 is 13.9 Å². The molecule has 22 heavy (non-hydrogen) atoms. The molecule has 0 spiro atoms. The number of aromatic nitrogens is 3. The minimum atomic E-state index is -0.410. The van der Waals surface area contributed by atoms with Gasteiger partial charge in [-0.1, -0.05) is 18.2 Å². The van der Waals surface area contributed by atoms with Crippen molar-refractivity contribution in [1.29, 1.82) is 0 Å². The topological polar surface area (TPSA) is 82.5 Å². The van der Waals surface area contributed by atoms with E-state index >= 15 is 0 Å². The molecule has 0 unspecified atom stereocenters. The fourth-order valence-corrected chi connectivity index (χ4v) is 1.93. The van der Waals surface area contributed by atoms with Crippen molar-refractivity contribution in [2.24, 2.45) is 5.10 Å². The molecule has 0 atom stereocenters. The van der Waals surface area contributed by atoms with Gasteiger partial charge in [-0.3, -0.25) is 0 Å². The van der Waals surface area contributed by atoms with Crippen LogP contribution in [0.3, 0.4) is 0 Å². The summed E-state index contributed by atoms with van der Waals surface area (Å²) in [5.74, 6) is 0.696. The van der Waals surface area contributed by atoms with Gasteiger partial charge in [-0.15, -0.1) is 10.2 Å². The Hall–Kier alpha value is -3.22. The molecule has 2 heterocycles. The number of hydrogen-bond donors (Lipinski definition) is 0. The quantitative estimate of drug-likeness (QED) is 0.544. The van der Waals surface area contributed by atoms with E-state index in [9.17, 15) is 4.79 Å². The highest BCUT2D eigenvalue weighted by Gasteiger charge is 2.14. The molecule has 0 radical (unpaired) electrons. The summed E-state index contributed by atoms with van der Waals surface area (Å²) in [5.41, 5.74) is 1.11. The van der Waals surface area contributed by atoms with E-state index in [4.69, 9.17) is 9.15 Å². The molecule has 0 amide bonds. The second kappa shape index (κ2) is 6.04. The van der Waals surface area contributed by atoms with E-state index in [2.05, 4.69) is 15.3 Å². The van der Waals surface area contributed by atoms with Gasteiger partial charge in [-0.05, 0) is 18.2 Å². The molecule has 3 rings (SSSR count). The Balaban J connectivity index is 1.90. The van der Waals surface area contributed by atoms with Crippen molar-refractivity contribution in [3.05, 3.63) is 60.4 Å². The van der Waals surface area contributed by atoms with Gasteiger partial charge in [-0.2, -0.15) is 5.10 Å². The number of carbonyl (C=O) groups excluding carboxylic acids is 1. The molecule has 0 aliphatic rings. The molecule has 0 saturated carbocycles. The lowest BCUT2D eigenvalue weighted by molar-refractivity contribution is 0.0601. The van der Waals surface area contributed by atoms with Crippen LogP contribution in [0.25, 0.3) is 11.3 Å². The SMILES string of the molecule is COC(=O)c1ccccc1-c1ccc(C=Nn2cnnc2)o1. The van der Waals surface area contributed by atoms with E-state index in [1.54, 1.807) is 30.3 Å². The van der Waals surface area contributed by atoms with Gasteiger partial charge in [0.25, 0.3) is 0 Å². The monoisotopic (exact) mass is 296 g/mol. The molecule has 0 saturated heterocycles. The second-order valence-corrected chi connectivity index (χ2v) is 4.33. The number of esters is 1. The Labute approximate surface area is 125 Å². The van der Waals surface area contributed by atoms with Crippen molar-refractivity contribution in [2.75, 3.05) is 7.11 Å². The predicted molar refractivity (Wildman–Crippen MR) is 78.5 cm³/mol. The van der Waals surface area contributed by atoms with Crippen LogP contribution in [0.2, 0.25) is 0 Å². The van der Waals surface area contributed by atoms with Crippen LogP contribution in [0.4, 0.5) is 0 Å². The minimum Gasteiger partial charge on any atom is -0.465 e. The summed E-state index contributed by atoms with van der Waals surface area (Å²) in [4.78, 5) is 11.8. The van der Waals surface area contributed by atoms with Crippen molar-refractivity contribution in [3.8, 4) is 11.3 Å². The smallest absolute Gasteiger partial charge is 0.338 e. The first-order valence-corrected chi connectivity index (χ1v) is 6.44. The molecule has 0 N–H and O–H groups in total. The van der Waals surface area contributed by atoms with Crippen LogP contribution in [0.1, 0.15) is 16.1 Å². The number of methoxy groups -OCH3 is 1. The highest BCUT2D eigenvalue weighted by atomic mass is 16.5. The fraction of sp³-hybridized carbons (Fsp3) is 0.0667. The molecular formula is C15H12N4O3. The molecule has 0 aliphatic carbocycles. The Bertz CT molecular complexity index is 806. The van der Waals surface area contributed by atoms with E-state index in [0.717, 1.165) is 0 Å². The fourth-order valence-electron chi connectivity index (χ4n) is 1.93. The van der Waals surface area contributed by atoms with Gasteiger partial charge in [0.2, 0.25) is 0 Å². The lowest BCUT2D eigenvalue weighted by Gasteiger charge is -2.04. The van der Waals surface area contributed by atoms with Crippen molar-refractivity contribution in [3.63, 3.8) is 0 Å². The molecule has 0 fully saturated rings. The van der Waals surface area contributed by atoms with E-state index < -0.39 is 5.97 Å². The first kappa shape index (κ1) is 13.7. The number of ether oxygens (including phenoxy) is 1. The second-order valence-electron chi connectivity index (χ2n) is 4.33. The average molecular weight is 296 g/mol. The average Bonchev–Trinajstić information content (AvgIpc) is 3.23. The van der Waals surface area contributed by atoms with Gasteiger partial charge in [0.1, 0.15) is 24.2 Å². The minimum absolute atomic E-state index is 0.410. The summed E-state index contributed by atoms with van der Waals surface area (Å²) in [7, 11) is 1.35. The molecule has 2 aromatic heterocycles. The molecule has 0 aliphatic heterocycles. The highest BCUT2D eigenvalue weighted by Crippen LogP contribution is 2.25. The Morgan fingerprint density at radius 3 is 2.77 bits per heavy atom. The van der Waals surface area contributed by atoms with Crippen LogP contribution in [0.15, 0.2) is 58.6 Å². The Morgan fingerprint density at radius 1 is 1.23 bits per heavy atom. The third-order valence-corrected chi connectivity index (χ3v) is 2.95. The molecule has 0 bridgehead atoms. The number of hydrogen-bond acceptors (Lipinski definition) is 6. The summed E-state index contributed by atoms with van der Waals surface area (Å²) in [5, 5.41) is 11.4. The number of benzene rings is 1. The molecule has 3 aromatic rings. The van der Waals surface area contributed by atoms with Gasteiger partial charge in [0.15, 0.2) is 0 Å². The normalized spacial score (nSPS) is 11.0. The van der Waals surface area contributed by atoms with Crippen LogP contribution in [0, 0.1) is 0 Å². The van der Waals surface area contributed by atoms with E-state index in [-0.39, 0.29) is 0 Å². The van der Waals surface area contributed by atoms with Crippen LogP contribution in [0.5, 0.6) is 0 Å². The third-order valence-electron chi connectivity index (χ3n) is 2.95. The summed E-state index contributed by atoms with van der Waals surface area (Å²) in [6.07, 6.45) is 4.47.